The molecule has 0 aliphatic rings. The van der Waals surface area contributed by atoms with Crippen LogP contribution in [0.3, 0.4) is 0 Å². The number of pyridine rings is 1. The number of thiophene rings is 1. The van der Waals surface area contributed by atoms with Gasteiger partial charge in [-0.15, -0.1) is 11.3 Å². The lowest BCUT2D eigenvalue weighted by molar-refractivity contribution is 0.0948. The van der Waals surface area contributed by atoms with Crippen molar-refractivity contribution in [1.82, 2.24) is 20.1 Å². The number of aryl methyl sites for hydroxylation is 1. The van der Waals surface area contributed by atoms with Crippen LogP contribution in [0.5, 0.6) is 11.5 Å². The maximum atomic E-state index is 12.8. The van der Waals surface area contributed by atoms with E-state index in [0.717, 1.165) is 11.1 Å². The number of benzene rings is 1. The molecule has 4 rings (SSSR count). The molecule has 3 heterocycles. The van der Waals surface area contributed by atoms with Gasteiger partial charge in [-0.25, -0.2) is 9.67 Å². The van der Waals surface area contributed by atoms with Crippen LogP contribution in [0.15, 0.2) is 54.0 Å². The predicted octanol–water partition coefficient (Wildman–Crippen LogP) is 3.67. The second-order valence-corrected chi connectivity index (χ2v) is 7.72. The molecule has 0 unspecified atom stereocenters. The fraction of sp³-hybridized carbons (Fsp3) is 0.227. The molecule has 154 valence electrons. The maximum absolute atomic E-state index is 12.8. The van der Waals surface area contributed by atoms with Gasteiger partial charge in [0.1, 0.15) is 6.61 Å². The van der Waals surface area contributed by atoms with Gasteiger partial charge < -0.3 is 14.8 Å². The van der Waals surface area contributed by atoms with Gasteiger partial charge in [0.15, 0.2) is 17.1 Å². The van der Waals surface area contributed by atoms with Crippen LogP contribution in [0.1, 0.15) is 20.9 Å². The number of rotatable bonds is 8. The highest BCUT2D eigenvalue weighted by atomic mass is 32.1. The Labute approximate surface area is 178 Å². The minimum absolute atomic E-state index is 0.176. The smallest absolute Gasteiger partial charge is 0.252 e. The highest BCUT2D eigenvalue weighted by Crippen LogP contribution is 2.25. The van der Waals surface area contributed by atoms with Crippen molar-refractivity contribution in [2.75, 3.05) is 20.3 Å². The number of hydrogen-bond acceptors (Lipinski definition) is 6. The minimum Gasteiger partial charge on any atom is -0.493 e. The Morgan fingerprint density at radius 3 is 2.80 bits per heavy atom. The summed E-state index contributed by atoms with van der Waals surface area (Å²) in [6.07, 6.45) is 1.70. The molecule has 0 aliphatic heterocycles. The molecule has 1 aromatic carbocycles. The Hall–Kier alpha value is -3.39. The van der Waals surface area contributed by atoms with Crippen molar-refractivity contribution >= 4 is 28.3 Å². The van der Waals surface area contributed by atoms with Gasteiger partial charge in [-0.05, 0) is 36.6 Å². The highest BCUT2D eigenvalue weighted by Gasteiger charge is 2.16. The van der Waals surface area contributed by atoms with Crippen molar-refractivity contribution < 1.29 is 14.3 Å². The van der Waals surface area contributed by atoms with Crippen LogP contribution in [-0.4, -0.2) is 40.9 Å². The van der Waals surface area contributed by atoms with Gasteiger partial charge in [0.25, 0.3) is 5.91 Å². The lowest BCUT2D eigenvalue weighted by Gasteiger charge is -2.11. The first-order valence-corrected chi connectivity index (χ1v) is 10.4. The molecule has 0 saturated heterocycles. The minimum atomic E-state index is -0.176. The third kappa shape index (κ3) is 4.28. The molecule has 0 fully saturated rings. The highest BCUT2D eigenvalue weighted by molar-refractivity contribution is 7.09. The van der Waals surface area contributed by atoms with Crippen molar-refractivity contribution in [1.29, 1.82) is 0 Å². The standard InChI is InChI=1S/C22H22N4O3S/c1-15-12-17(18-13-24-26(21(18)25-15)14-16-6-5-11-30-16)22(27)23-9-10-29-20-8-4-3-7-19(20)28-2/h3-8,11-13H,9-10,14H2,1-2H3,(H,23,27). The van der Waals surface area contributed by atoms with Gasteiger partial charge in [0, 0.05) is 10.6 Å². The van der Waals surface area contributed by atoms with E-state index in [4.69, 9.17) is 9.47 Å². The Kier molecular flexibility index (Phi) is 5.94. The van der Waals surface area contributed by atoms with Gasteiger partial charge in [-0.3, -0.25) is 4.79 Å². The molecule has 0 saturated carbocycles. The van der Waals surface area contributed by atoms with Crippen LogP contribution in [0.4, 0.5) is 0 Å². The lowest BCUT2D eigenvalue weighted by atomic mass is 10.1. The maximum Gasteiger partial charge on any atom is 0.252 e. The van der Waals surface area contributed by atoms with Crippen molar-refractivity contribution in [2.24, 2.45) is 0 Å². The zero-order chi connectivity index (χ0) is 20.9. The van der Waals surface area contributed by atoms with Gasteiger partial charge in [-0.2, -0.15) is 5.10 Å². The van der Waals surface area contributed by atoms with Crippen LogP contribution < -0.4 is 14.8 Å². The Morgan fingerprint density at radius 1 is 1.20 bits per heavy atom. The average molecular weight is 423 g/mol. The summed E-state index contributed by atoms with van der Waals surface area (Å²) in [5.74, 6) is 1.13. The first kappa shape index (κ1) is 19.9. The molecule has 0 aliphatic carbocycles. The summed E-state index contributed by atoms with van der Waals surface area (Å²) in [5.41, 5.74) is 2.04. The SMILES string of the molecule is COc1ccccc1OCCNC(=O)c1cc(C)nc2c1cnn2Cc1cccs1. The summed E-state index contributed by atoms with van der Waals surface area (Å²) in [6, 6.07) is 13.3. The fourth-order valence-electron chi connectivity index (χ4n) is 3.19. The van der Waals surface area contributed by atoms with Crippen molar-refractivity contribution in [2.45, 2.75) is 13.5 Å². The zero-order valence-electron chi connectivity index (χ0n) is 16.8. The predicted molar refractivity (Wildman–Crippen MR) is 117 cm³/mol. The summed E-state index contributed by atoms with van der Waals surface area (Å²) < 4.78 is 12.8. The fourth-order valence-corrected chi connectivity index (χ4v) is 3.87. The molecule has 3 aromatic heterocycles. The molecule has 30 heavy (non-hydrogen) atoms. The largest absolute Gasteiger partial charge is 0.493 e. The number of aromatic nitrogens is 3. The van der Waals surface area contributed by atoms with E-state index in [1.54, 1.807) is 30.7 Å². The van der Waals surface area contributed by atoms with E-state index in [2.05, 4.69) is 21.5 Å². The van der Waals surface area contributed by atoms with E-state index in [0.29, 0.717) is 42.4 Å². The average Bonchev–Trinajstić information content (AvgIpc) is 3.41. The van der Waals surface area contributed by atoms with E-state index in [1.807, 2.05) is 47.3 Å². The normalized spacial score (nSPS) is 10.9. The summed E-state index contributed by atoms with van der Waals surface area (Å²) in [5, 5.41) is 10.1. The second-order valence-electron chi connectivity index (χ2n) is 6.69. The molecule has 0 spiro atoms. The van der Waals surface area contributed by atoms with Crippen LogP contribution >= 0.6 is 11.3 Å². The number of para-hydroxylation sites is 2. The molecule has 0 bridgehead atoms. The van der Waals surface area contributed by atoms with Crippen molar-refractivity contribution in [3.8, 4) is 11.5 Å². The van der Waals surface area contributed by atoms with E-state index in [9.17, 15) is 4.79 Å². The van der Waals surface area contributed by atoms with Gasteiger partial charge in [-0.1, -0.05) is 18.2 Å². The molecule has 1 N–H and O–H groups in total. The summed E-state index contributed by atoms with van der Waals surface area (Å²) in [4.78, 5) is 18.6. The quantitative estimate of drug-likeness (QED) is 0.439. The number of hydrogen-bond donors (Lipinski definition) is 1. The summed E-state index contributed by atoms with van der Waals surface area (Å²) >= 11 is 1.67. The molecule has 4 aromatic rings. The van der Waals surface area contributed by atoms with E-state index < -0.39 is 0 Å². The Balaban J connectivity index is 1.44. The van der Waals surface area contributed by atoms with Gasteiger partial charge >= 0.3 is 0 Å². The van der Waals surface area contributed by atoms with Crippen molar-refractivity contribution in [3.05, 3.63) is 70.2 Å². The number of carbonyl (C=O) groups is 1. The van der Waals surface area contributed by atoms with E-state index >= 15 is 0 Å². The summed E-state index contributed by atoms with van der Waals surface area (Å²) in [6.45, 7) is 3.20. The van der Waals surface area contributed by atoms with Gasteiger partial charge in [0.05, 0.1) is 37.3 Å². The zero-order valence-corrected chi connectivity index (χ0v) is 17.6. The van der Waals surface area contributed by atoms with Crippen LogP contribution in [0, 0.1) is 6.92 Å². The molecule has 1 amide bonds. The second kappa shape index (κ2) is 8.96. The number of nitrogens with zero attached hydrogens (tertiary/aromatic N) is 3. The van der Waals surface area contributed by atoms with Crippen LogP contribution in [0.2, 0.25) is 0 Å². The molecular weight excluding hydrogens is 400 g/mol. The first-order valence-electron chi connectivity index (χ1n) is 9.55. The third-order valence-corrected chi connectivity index (χ3v) is 5.44. The number of methoxy groups -OCH3 is 1. The lowest BCUT2D eigenvalue weighted by Crippen LogP contribution is -2.28. The van der Waals surface area contributed by atoms with Crippen LogP contribution in [0.25, 0.3) is 11.0 Å². The first-order chi connectivity index (χ1) is 14.7. The number of carbonyl (C=O) groups excluding carboxylic acids is 1. The molecular formula is C22H22N4O3S. The molecule has 0 atom stereocenters. The van der Waals surface area contributed by atoms with Crippen molar-refractivity contribution in [3.63, 3.8) is 0 Å². The topological polar surface area (TPSA) is 78.3 Å². The molecule has 7 nitrogen and oxygen atoms in total. The van der Waals surface area contributed by atoms with Gasteiger partial charge in [0.2, 0.25) is 0 Å². The van der Waals surface area contributed by atoms with E-state index in [1.165, 1.54) is 4.88 Å². The number of amides is 1. The third-order valence-electron chi connectivity index (χ3n) is 4.58. The molecule has 8 heteroatoms. The van der Waals surface area contributed by atoms with E-state index in [-0.39, 0.29) is 5.91 Å². The Morgan fingerprint density at radius 2 is 2.03 bits per heavy atom. The monoisotopic (exact) mass is 422 g/mol. The number of nitrogens with one attached hydrogen (secondary N) is 1. The number of fused-ring (bicyclic) bond motifs is 1. The molecule has 0 radical (unpaired) electrons. The summed E-state index contributed by atoms with van der Waals surface area (Å²) in [7, 11) is 1.60. The Bertz CT molecular complexity index is 1150. The van der Waals surface area contributed by atoms with Crippen LogP contribution in [-0.2, 0) is 6.54 Å². The number of ether oxygens (including phenoxy) is 2.